The van der Waals surface area contributed by atoms with Crippen molar-refractivity contribution in [3.8, 4) is 0 Å². The fourth-order valence-electron chi connectivity index (χ4n) is 2.73. The minimum atomic E-state index is -0.161. The first-order valence-corrected chi connectivity index (χ1v) is 6.23. The van der Waals surface area contributed by atoms with Gasteiger partial charge in [-0.25, -0.2) is 0 Å². The number of esters is 1. The topological polar surface area (TPSA) is 26.3 Å². The molecule has 88 valence electrons. The second kappa shape index (κ2) is 4.36. The summed E-state index contributed by atoms with van der Waals surface area (Å²) in [6.45, 7) is 0. The van der Waals surface area contributed by atoms with Gasteiger partial charge in [0.2, 0.25) is 0 Å². The first-order chi connectivity index (χ1) is 8.33. The number of allylic oxidation sites excluding steroid dienone is 4. The Kier molecular flexibility index (Phi) is 2.71. The van der Waals surface area contributed by atoms with Gasteiger partial charge in [0.1, 0.15) is 6.10 Å². The molecule has 0 aliphatic heterocycles. The summed E-state index contributed by atoms with van der Waals surface area (Å²) in [5.74, 6) is -0.265. The van der Waals surface area contributed by atoms with Crippen LogP contribution in [0.25, 0.3) is 0 Å². The molecule has 0 atom stereocenters. The predicted molar refractivity (Wildman–Crippen MR) is 66.3 cm³/mol. The number of carbonyl (C=O) groups is 1. The quantitative estimate of drug-likeness (QED) is 0.536. The van der Waals surface area contributed by atoms with Gasteiger partial charge in [0.15, 0.2) is 0 Å². The van der Waals surface area contributed by atoms with Gasteiger partial charge >= 0.3 is 5.97 Å². The molecule has 0 saturated carbocycles. The van der Waals surface area contributed by atoms with Crippen molar-refractivity contribution in [1.29, 1.82) is 0 Å². The third-order valence-corrected chi connectivity index (χ3v) is 3.65. The van der Waals surface area contributed by atoms with Crippen molar-refractivity contribution in [2.75, 3.05) is 0 Å². The monoisotopic (exact) mass is 228 g/mol. The van der Waals surface area contributed by atoms with E-state index in [-0.39, 0.29) is 18.0 Å². The van der Waals surface area contributed by atoms with Crippen LogP contribution in [0, 0.1) is 5.92 Å². The third-order valence-electron chi connectivity index (χ3n) is 3.65. The lowest BCUT2D eigenvalue weighted by Crippen LogP contribution is -2.20. The first kappa shape index (κ1) is 10.6. The minimum Gasteiger partial charge on any atom is -0.461 e. The molecular weight excluding hydrogens is 212 g/mol. The molecule has 3 aliphatic rings. The van der Waals surface area contributed by atoms with Crippen molar-refractivity contribution in [1.82, 2.24) is 0 Å². The van der Waals surface area contributed by atoms with E-state index in [2.05, 4.69) is 12.2 Å². The van der Waals surface area contributed by atoms with E-state index in [1.165, 1.54) is 11.1 Å². The van der Waals surface area contributed by atoms with E-state index >= 15 is 0 Å². The number of ether oxygens (including phenoxy) is 1. The molecule has 0 saturated heterocycles. The molecule has 3 aliphatic carbocycles. The van der Waals surface area contributed by atoms with Crippen LogP contribution in [-0.2, 0) is 9.53 Å². The van der Waals surface area contributed by atoms with Crippen LogP contribution in [-0.4, -0.2) is 12.1 Å². The zero-order valence-electron chi connectivity index (χ0n) is 9.76. The third kappa shape index (κ3) is 2.12. The second-order valence-electron chi connectivity index (χ2n) is 4.85. The standard InChI is InChI=1S/C15H16O2/c16-15(11-5-1-2-6-11)17-14-9-12-7-3-4-8-13(12)10-14/h1-6,11,14H,7-10H2. The fourth-order valence-corrected chi connectivity index (χ4v) is 2.73. The van der Waals surface area contributed by atoms with E-state index < -0.39 is 0 Å². The maximum absolute atomic E-state index is 11.8. The summed E-state index contributed by atoms with van der Waals surface area (Å²) in [5, 5.41) is 0. The summed E-state index contributed by atoms with van der Waals surface area (Å²) in [5.41, 5.74) is 2.98. The molecule has 0 heterocycles. The average molecular weight is 228 g/mol. The Bertz CT molecular complexity index is 420. The molecule has 0 radical (unpaired) electrons. The number of carbonyl (C=O) groups excluding carboxylic acids is 1. The second-order valence-corrected chi connectivity index (χ2v) is 4.85. The normalized spacial score (nSPS) is 23.5. The van der Waals surface area contributed by atoms with E-state index in [1.54, 1.807) is 0 Å². The maximum Gasteiger partial charge on any atom is 0.316 e. The zero-order chi connectivity index (χ0) is 11.7. The van der Waals surface area contributed by atoms with Gasteiger partial charge in [0.05, 0.1) is 5.92 Å². The first-order valence-electron chi connectivity index (χ1n) is 6.23. The summed E-state index contributed by atoms with van der Waals surface area (Å²) in [6, 6.07) is 0. The summed E-state index contributed by atoms with van der Waals surface area (Å²) in [4.78, 5) is 11.8. The van der Waals surface area contributed by atoms with Crippen LogP contribution >= 0.6 is 0 Å². The highest BCUT2D eigenvalue weighted by atomic mass is 16.5. The number of hydrogen-bond acceptors (Lipinski definition) is 2. The van der Waals surface area contributed by atoms with Crippen LogP contribution in [0.1, 0.15) is 25.7 Å². The molecule has 0 aromatic heterocycles. The van der Waals surface area contributed by atoms with E-state index in [0.29, 0.717) is 0 Å². The number of hydrogen-bond donors (Lipinski definition) is 0. The molecular formula is C15H16O2. The Labute approximate surface area is 101 Å². The molecule has 0 amide bonds. The van der Waals surface area contributed by atoms with Gasteiger partial charge in [-0.1, -0.05) is 47.6 Å². The van der Waals surface area contributed by atoms with Crippen molar-refractivity contribution in [3.63, 3.8) is 0 Å². The van der Waals surface area contributed by atoms with E-state index in [0.717, 1.165) is 25.7 Å². The molecule has 2 nitrogen and oxygen atoms in total. The predicted octanol–water partition coefficient (Wildman–Crippen LogP) is 3.08. The fraction of sp³-hybridized carbons (Fsp3) is 0.400. The maximum atomic E-state index is 11.8. The Morgan fingerprint density at radius 2 is 1.65 bits per heavy atom. The minimum absolute atomic E-state index is 0.0785. The summed E-state index contributed by atoms with van der Waals surface area (Å²) in [7, 11) is 0. The van der Waals surface area contributed by atoms with Crippen LogP contribution in [0.3, 0.4) is 0 Å². The molecule has 0 N–H and O–H groups in total. The molecule has 0 aromatic carbocycles. The van der Waals surface area contributed by atoms with Crippen molar-refractivity contribution >= 4 is 5.97 Å². The molecule has 0 bridgehead atoms. The van der Waals surface area contributed by atoms with Crippen LogP contribution < -0.4 is 0 Å². The van der Waals surface area contributed by atoms with Gasteiger partial charge in [-0.05, 0) is 12.8 Å². The Morgan fingerprint density at radius 3 is 2.24 bits per heavy atom. The van der Waals surface area contributed by atoms with Gasteiger partial charge in [0, 0.05) is 12.8 Å². The van der Waals surface area contributed by atoms with E-state index in [1.807, 2.05) is 24.3 Å². The van der Waals surface area contributed by atoms with Crippen LogP contribution in [0.15, 0.2) is 47.6 Å². The average Bonchev–Trinajstić information content (AvgIpc) is 2.97. The van der Waals surface area contributed by atoms with Gasteiger partial charge in [0.25, 0.3) is 0 Å². The highest BCUT2D eigenvalue weighted by Gasteiger charge is 2.28. The van der Waals surface area contributed by atoms with Gasteiger partial charge in [-0.15, -0.1) is 0 Å². The van der Waals surface area contributed by atoms with Crippen molar-refractivity contribution in [3.05, 3.63) is 47.6 Å². The van der Waals surface area contributed by atoms with Crippen LogP contribution in [0.5, 0.6) is 0 Å². The van der Waals surface area contributed by atoms with Crippen molar-refractivity contribution < 1.29 is 9.53 Å². The molecule has 0 fully saturated rings. The molecule has 2 heteroatoms. The molecule has 0 aromatic rings. The molecule has 0 spiro atoms. The largest absolute Gasteiger partial charge is 0.461 e. The van der Waals surface area contributed by atoms with Crippen molar-refractivity contribution in [2.45, 2.75) is 31.8 Å². The van der Waals surface area contributed by atoms with Gasteiger partial charge in [-0.3, -0.25) is 4.79 Å². The van der Waals surface area contributed by atoms with E-state index in [9.17, 15) is 4.79 Å². The van der Waals surface area contributed by atoms with Crippen LogP contribution in [0.4, 0.5) is 0 Å². The van der Waals surface area contributed by atoms with E-state index in [4.69, 9.17) is 4.74 Å². The van der Waals surface area contributed by atoms with Crippen molar-refractivity contribution in [2.24, 2.45) is 5.92 Å². The number of rotatable bonds is 2. The van der Waals surface area contributed by atoms with Gasteiger partial charge < -0.3 is 4.74 Å². The zero-order valence-corrected chi connectivity index (χ0v) is 9.76. The lowest BCUT2D eigenvalue weighted by Gasteiger charge is -2.14. The van der Waals surface area contributed by atoms with Crippen LogP contribution in [0.2, 0.25) is 0 Å². The Hall–Kier alpha value is -1.57. The summed E-state index contributed by atoms with van der Waals surface area (Å²) in [6.07, 6.45) is 16.0. The Morgan fingerprint density at radius 1 is 1.06 bits per heavy atom. The highest BCUT2D eigenvalue weighted by molar-refractivity contribution is 5.77. The van der Waals surface area contributed by atoms with Gasteiger partial charge in [-0.2, -0.15) is 0 Å². The Balaban J connectivity index is 1.56. The summed E-state index contributed by atoms with van der Waals surface area (Å²) < 4.78 is 5.58. The SMILES string of the molecule is O=C(OC1CC2=C(CC=CC2)C1)C1C=CC=C1. The summed E-state index contributed by atoms with van der Waals surface area (Å²) >= 11 is 0. The smallest absolute Gasteiger partial charge is 0.316 e. The highest BCUT2D eigenvalue weighted by Crippen LogP contribution is 2.36. The molecule has 0 unspecified atom stereocenters. The lowest BCUT2D eigenvalue weighted by atomic mass is 10.0. The molecule has 17 heavy (non-hydrogen) atoms. The molecule has 3 rings (SSSR count). The lowest BCUT2D eigenvalue weighted by molar-refractivity contribution is -0.150.